The van der Waals surface area contributed by atoms with Crippen LogP contribution in [0.2, 0.25) is 0 Å². The molecule has 0 spiro atoms. The second kappa shape index (κ2) is 5.35. The molecule has 18 heavy (non-hydrogen) atoms. The van der Waals surface area contributed by atoms with Gasteiger partial charge >= 0.3 is 0 Å². The van der Waals surface area contributed by atoms with Crippen molar-refractivity contribution in [1.29, 1.82) is 0 Å². The standard InChI is InChI=1S/C13H15N3O2/c1-9-8-12(16-18-9)15-13(17)10(2)14-11-6-4-3-5-7-11/h3-8,10,14H,1-2H3,(H,15,16,17)/t10-/m0/s1. The molecule has 1 amide bonds. The van der Waals surface area contributed by atoms with Crippen molar-refractivity contribution in [1.82, 2.24) is 5.16 Å². The van der Waals surface area contributed by atoms with Gasteiger partial charge in [-0.3, -0.25) is 4.79 Å². The summed E-state index contributed by atoms with van der Waals surface area (Å²) in [7, 11) is 0. The Hall–Kier alpha value is -2.30. The molecule has 0 fully saturated rings. The van der Waals surface area contributed by atoms with Gasteiger partial charge in [-0.25, -0.2) is 0 Å². The van der Waals surface area contributed by atoms with E-state index in [1.165, 1.54) is 0 Å². The summed E-state index contributed by atoms with van der Waals surface area (Å²) in [5.41, 5.74) is 0.900. The molecule has 1 aromatic heterocycles. The first-order valence-electron chi connectivity index (χ1n) is 5.71. The van der Waals surface area contributed by atoms with Crippen LogP contribution in [0.15, 0.2) is 40.9 Å². The Balaban J connectivity index is 1.93. The monoisotopic (exact) mass is 245 g/mol. The van der Waals surface area contributed by atoms with Crippen LogP contribution in [-0.4, -0.2) is 17.1 Å². The fourth-order valence-corrected chi connectivity index (χ4v) is 1.51. The fourth-order valence-electron chi connectivity index (χ4n) is 1.51. The molecule has 0 bridgehead atoms. The first-order chi connectivity index (χ1) is 8.65. The Morgan fingerprint density at radius 1 is 1.33 bits per heavy atom. The number of hydrogen-bond acceptors (Lipinski definition) is 4. The molecule has 1 aromatic carbocycles. The number of nitrogens with one attached hydrogen (secondary N) is 2. The van der Waals surface area contributed by atoms with Crippen molar-refractivity contribution in [3.8, 4) is 0 Å². The van der Waals surface area contributed by atoms with E-state index in [0.717, 1.165) is 5.69 Å². The van der Waals surface area contributed by atoms with Crippen LogP contribution < -0.4 is 10.6 Å². The molecule has 94 valence electrons. The number of rotatable bonds is 4. The maximum atomic E-state index is 11.9. The maximum absolute atomic E-state index is 11.9. The van der Waals surface area contributed by atoms with E-state index in [1.807, 2.05) is 30.3 Å². The van der Waals surface area contributed by atoms with Crippen molar-refractivity contribution in [3.05, 3.63) is 42.2 Å². The summed E-state index contributed by atoms with van der Waals surface area (Å²) < 4.78 is 4.88. The fraction of sp³-hybridized carbons (Fsp3) is 0.231. The van der Waals surface area contributed by atoms with Crippen molar-refractivity contribution >= 4 is 17.4 Å². The molecule has 0 radical (unpaired) electrons. The second-order valence-corrected chi connectivity index (χ2v) is 4.04. The van der Waals surface area contributed by atoms with E-state index in [2.05, 4.69) is 15.8 Å². The third-order valence-electron chi connectivity index (χ3n) is 2.43. The third kappa shape index (κ3) is 3.10. The Morgan fingerprint density at radius 2 is 2.06 bits per heavy atom. The second-order valence-electron chi connectivity index (χ2n) is 4.04. The van der Waals surface area contributed by atoms with Gasteiger partial charge in [0.15, 0.2) is 5.82 Å². The van der Waals surface area contributed by atoms with Crippen LogP contribution in [0.5, 0.6) is 0 Å². The van der Waals surface area contributed by atoms with Gasteiger partial charge in [-0.1, -0.05) is 23.4 Å². The highest BCUT2D eigenvalue weighted by Gasteiger charge is 2.14. The molecule has 1 heterocycles. The Labute approximate surface area is 105 Å². The molecule has 0 unspecified atom stereocenters. The van der Waals surface area contributed by atoms with Crippen molar-refractivity contribution in [2.24, 2.45) is 0 Å². The number of nitrogens with zero attached hydrogens (tertiary/aromatic N) is 1. The normalized spacial score (nSPS) is 11.9. The van der Waals surface area contributed by atoms with Gasteiger partial charge in [-0.2, -0.15) is 0 Å². The highest BCUT2D eigenvalue weighted by atomic mass is 16.5. The van der Waals surface area contributed by atoms with Gasteiger partial charge in [0.2, 0.25) is 5.91 Å². The van der Waals surface area contributed by atoms with Crippen molar-refractivity contribution in [3.63, 3.8) is 0 Å². The smallest absolute Gasteiger partial charge is 0.247 e. The minimum absolute atomic E-state index is 0.160. The summed E-state index contributed by atoms with van der Waals surface area (Å²) in [5, 5.41) is 9.49. The van der Waals surface area contributed by atoms with E-state index < -0.39 is 0 Å². The number of carbonyl (C=O) groups is 1. The van der Waals surface area contributed by atoms with Crippen LogP contribution in [0.25, 0.3) is 0 Å². The molecule has 5 nitrogen and oxygen atoms in total. The van der Waals surface area contributed by atoms with Crippen LogP contribution in [0.1, 0.15) is 12.7 Å². The Kier molecular flexibility index (Phi) is 3.62. The van der Waals surface area contributed by atoms with Crippen molar-refractivity contribution in [2.75, 3.05) is 10.6 Å². The molecule has 2 rings (SSSR count). The zero-order valence-corrected chi connectivity index (χ0v) is 10.3. The average Bonchev–Trinajstić information content (AvgIpc) is 2.76. The number of hydrogen-bond donors (Lipinski definition) is 2. The highest BCUT2D eigenvalue weighted by Crippen LogP contribution is 2.10. The van der Waals surface area contributed by atoms with Gasteiger partial charge in [0, 0.05) is 11.8 Å². The largest absolute Gasteiger partial charge is 0.374 e. The molecule has 1 atom stereocenters. The van der Waals surface area contributed by atoms with Gasteiger partial charge in [-0.05, 0) is 26.0 Å². The first-order valence-corrected chi connectivity index (χ1v) is 5.71. The molecule has 5 heteroatoms. The minimum atomic E-state index is -0.357. The highest BCUT2D eigenvalue weighted by molar-refractivity contribution is 5.95. The van der Waals surface area contributed by atoms with Gasteiger partial charge < -0.3 is 15.2 Å². The molecule has 0 aliphatic carbocycles. The summed E-state index contributed by atoms with van der Waals surface area (Å²) in [4.78, 5) is 11.9. The van der Waals surface area contributed by atoms with Crippen molar-refractivity contribution < 1.29 is 9.32 Å². The summed E-state index contributed by atoms with van der Waals surface area (Å²) in [6.45, 7) is 3.56. The van der Waals surface area contributed by atoms with E-state index >= 15 is 0 Å². The SMILES string of the molecule is Cc1cc(NC(=O)[C@H](C)Nc2ccccc2)no1. The average molecular weight is 245 g/mol. The zero-order chi connectivity index (χ0) is 13.0. The molecule has 0 aliphatic heterocycles. The van der Waals surface area contributed by atoms with E-state index in [9.17, 15) is 4.79 Å². The lowest BCUT2D eigenvalue weighted by Crippen LogP contribution is -2.31. The van der Waals surface area contributed by atoms with Crippen LogP contribution in [0.4, 0.5) is 11.5 Å². The quantitative estimate of drug-likeness (QED) is 0.868. The molecule has 2 aromatic rings. The molecule has 0 aliphatic rings. The number of anilines is 2. The minimum Gasteiger partial charge on any atom is -0.374 e. The number of aromatic nitrogens is 1. The first kappa shape index (κ1) is 12.2. The van der Waals surface area contributed by atoms with Crippen LogP contribution in [0.3, 0.4) is 0 Å². The van der Waals surface area contributed by atoms with Crippen LogP contribution in [-0.2, 0) is 4.79 Å². The number of benzene rings is 1. The lowest BCUT2D eigenvalue weighted by molar-refractivity contribution is -0.116. The predicted octanol–water partition coefficient (Wildman–Crippen LogP) is 2.42. The van der Waals surface area contributed by atoms with Crippen LogP contribution in [0, 0.1) is 6.92 Å². The molecule has 2 N–H and O–H groups in total. The third-order valence-corrected chi connectivity index (χ3v) is 2.43. The molecule has 0 saturated heterocycles. The molecular weight excluding hydrogens is 230 g/mol. The zero-order valence-electron chi connectivity index (χ0n) is 10.3. The van der Waals surface area contributed by atoms with Gasteiger partial charge in [0.05, 0.1) is 0 Å². The van der Waals surface area contributed by atoms with Crippen molar-refractivity contribution in [2.45, 2.75) is 19.9 Å². The summed E-state index contributed by atoms with van der Waals surface area (Å²) >= 11 is 0. The number of carbonyl (C=O) groups excluding carboxylic acids is 1. The molecule has 0 saturated carbocycles. The Morgan fingerprint density at radius 3 is 2.67 bits per heavy atom. The van der Waals surface area contributed by atoms with E-state index in [0.29, 0.717) is 11.6 Å². The van der Waals surface area contributed by atoms with Gasteiger partial charge in [-0.15, -0.1) is 0 Å². The van der Waals surface area contributed by atoms with E-state index in [-0.39, 0.29) is 11.9 Å². The van der Waals surface area contributed by atoms with Gasteiger partial charge in [0.25, 0.3) is 0 Å². The lowest BCUT2D eigenvalue weighted by Gasteiger charge is -2.13. The Bertz CT molecular complexity index is 522. The number of aryl methyl sites for hydroxylation is 1. The summed E-state index contributed by atoms with van der Waals surface area (Å²) in [5.74, 6) is 0.931. The van der Waals surface area contributed by atoms with E-state index in [4.69, 9.17) is 4.52 Å². The van der Waals surface area contributed by atoms with Crippen LogP contribution >= 0.6 is 0 Å². The number of amides is 1. The topological polar surface area (TPSA) is 67.2 Å². The summed E-state index contributed by atoms with van der Waals surface area (Å²) in [6.07, 6.45) is 0. The molecular formula is C13H15N3O2. The number of para-hydroxylation sites is 1. The van der Waals surface area contributed by atoms with Gasteiger partial charge in [0.1, 0.15) is 11.8 Å². The lowest BCUT2D eigenvalue weighted by atomic mass is 10.2. The maximum Gasteiger partial charge on any atom is 0.247 e. The van der Waals surface area contributed by atoms with E-state index in [1.54, 1.807) is 19.9 Å². The summed E-state index contributed by atoms with van der Waals surface area (Å²) in [6, 6.07) is 10.9. The predicted molar refractivity (Wildman–Crippen MR) is 69.4 cm³/mol.